The van der Waals surface area contributed by atoms with E-state index < -0.39 is 0 Å². The minimum Gasteiger partial charge on any atom is -0.508 e. The smallest absolute Gasteiger partial charge is 0.218 e. The first-order valence-corrected chi connectivity index (χ1v) is 5.87. The number of carbonyl (C=O) groups excluding carboxylic acids is 1. The number of phenolic OH excluding ortho intramolecular Hbond substituents is 1. The number of hydrogen-bond donors (Lipinski definition) is 3. The van der Waals surface area contributed by atoms with Crippen molar-refractivity contribution in [3.63, 3.8) is 0 Å². The average molecular weight is 244 g/mol. The van der Waals surface area contributed by atoms with E-state index >= 15 is 0 Å². The zero-order valence-corrected chi connectivity index (χ0v) is 10.0. The lowest BCUT2D eigenvalue weighted by Crippen LogP contribution is -2.21. The van der Waals surface area contributed by atoms with Crippen LogP contribution in [0.3, 0.4) is 0 Å². The quantitative estimate of drug-likeness (QED) is 0.698. The van der Waals surface area contributed by atoms with Crippen LogP contribution in [0.1, 0.15) is 12.0 Å². The minimum atomic E-state index is -0.329. The highest BCUT2D eigenvalue weighted by molar-refractivity contribution is 5.87. The lowest BCUT2D eigenvalue weighted by atomic mass is 10.0. The maximum Gasteiger partial charge on any atom is 0.218 e. The van der Waals surface area contributed by atoms with Gasteiger partial charge in [0, 0.05) is 25.1 Å². The van der Waals surface area contributed by atoms with E-state index in [4.69, 9.17) is 5.73 Å². The summed E-state index contributed by atoms with van der Waals surface area (Å²) < 4.78 is 0. The van der Waals surface area contributed by atoms with Crippen LogP contribution >= 0.6 is 0 Å². The number of amides is 1. The van der Waals surface area contributed by atoms with Gasteiger partial charge in [-0.25, -0.2) is 0 Å². The van der Waals surface area contributed by atoms with Crippen LogP contribution in [0.2, 0.25) is 0 Å². The molecule has 0 aliphatic carbocycles. The minimum absolute atomic E-state index is 0.264. The van der Waals surface area contributed by atoms with Crippen LogP contribution in [0, 0.1) is 0 Å². The molecule has 0 fully saturated rings. The van der Waals surface area contributed by atoms with Crippen LogP contribution in [0.5, 0.6) is 5.75 Å². The molecule has 0 saturated carbocycles. The Hall–Kier alpha value is -2.07. The number of fused-ring (bicyclic) bond motifs is 1. The van der Waals surface area contributed by atoms with E-state index in [9.17, 15) is 9.90 Å². The predicted molar refractivity (Wildman–Crippen MR) is 71.1 cm³/mol. The summed E-state index contributed by atoms with van der Waals surface area (Å²) in [6.45, 7) is 1.03. The molecule has 0 heterocycles. The van der Waals surface area contributed by atoms with Gasteiger partial charge in [-0.1, -0.05) is 30.3 Å². The van der Waals surface area contributed by atoms with E-state index in [1.165, 1.54) is 0 Å². The monoisotopic (exact) mass is 244 g/mol. The van der Waals surface area contributed by atoms with Crippen LogP contribution in [0.4, 0.5) is 0 Å². The first kappa shape index (κ1) is 12.4. The number of nitrogens with two attached hydrogens (primary N) is 1. The number of primary amides is 1. The van der Waals surface area contributed by atoms with Crippen molar-refractivity contribution in [2.24, 2.45) is 5.73 Å². The zero-order valence-electron chi connectivity index (χ0n) is 10.0. The molecule has 94 valence electrons. The first-order valence-electron chi connectivity index (χ1n) is 5.87. The highest BCUT2D eigenvalue weighted by Crippen LogP contribution is 2.26. The molecule has 0 radical (unpaired) electrons. The molecule has 1 amide bonds. The molecule has 0 aromatic heterocycles. The molecule has 0 unspecified atom stereocenters. The third kappa shape index (κ3) is 2.78. The number of hydrogen-bond acceptors (Lipinski definition) is 3. The second-order valence-corrected chi connectivity index (χ2v) is 4.18. The van der Waals surface area contributed by atoms with Gasteiger partial charge in [0.15, 0.2) is 0 Å². The van der Waals surface area contributed by atoms with Crippen LogP contribution in [0.15, 0.2) is 36.4 Å². The maximum atomic E-state index is 10.6. The summed E-state index contributed by atoms with van der Waals surface area (Å²) in [5.74, 6) is -0.0649. The summed E-state index contributed by atoms with van der Waals surface area (Å²) >= 11 is 0. The molecule has 0 aliphatic rings. The molecule has 4 heteroatoms. The molecule has 2 aromatic rings. The molecule has 2 aromatic carbocycles. The Bertz CT molecular complexity index is 567. The second kappa shape index (κ2) is 5.51. The standard InChI is InChI=1S/C14H16N2O2/c15-14(18)7-8-16-9-12-11-4-2-1-3-10(11)5-6-13(12)17/h1-6,16-17H,7-9H2,(H2,15,18). The Morgan fingerprint density at radius 2 is 2.00 bits per heavy atom. The number of rotatable bonds is 5. The van der Waals surface area contributed by atoms with Crippen molar-refractivity contribution in [1.82, 2.24) is 5.32 Å². The Labute approximate surface area is 105 Å². The van der Waals surface area contributed by atoms with Gasteiger partial charge in [0.25, 0.3) is 0 Å². The molecule has 0 bridgehead atoms. The highest BCUT2D eigenvalue weighted by atomic mass is 16.3. The van der Waals surface area contributed by atoms with Crippen molar-refractivity contribution in [3.8, 4) is 5.75 Å². The number of benzene rings is 2. The summed E-state index contributed by atoms with van der Waals surface area (Å²) in [6.07, 6.45) is 0.297. The van der Waals surface area contributed by atoms with Gasteiger partial charge in [-0.2, -0.15) is 0 Å². The van der Waals surface area contributed by atoms with Crippen molar-refractivity contribution >= 4 is 16.7 Å². The lowest BCUT2D eigenvalue weighted by Gasteiger charge is -2.10. The molecule has 2 rings (SSSR count). The Balaban J connectivity index is 2.16. The van der Waals surface area contributed by atoms with Crippen molar-refractivity contribution < 1.29 is 9.90 Å². The van der Waals surface area contributed by atoms with Crippen LogP contribution in [0.25, 0.3) is 10.8 Å². The summed E-state index contributed by atoms with van der Waals surface area (Å²) in [6, 6.07) is 11.4. The molecule has 4 nitrogen and oxygen atoms in total. The lowest BCUT2D eigenvalue weighted by molar-refractivity contribution is -0.117. The number of phenols is 1. The normalized spacial score (nSPS) is 10.7. The van der Waals surface area contributed by atoms with Gasteiger partial charge in [-0.05, 0) is 16.8 Å². The fourth-order valence-corrected chi connectivity index (χ4v) is 1.94. The number of aromatic hydroxyl groups is 1. The van der Waals surface area contributed by atoms with E-state index in [-0.39, 0.29) is 11.7 Å². The first-order chi connectivity index (χ1) is 8.68. The van der Waals surface area contributed by atoms with Gasteiger partial charge in [0.05, 0.1) is 0 Å². The Morgan fingerprint density at radius 3 is 2.78 bits per heavy atom. The molecular weight excluding hydrogens is 228 g/mol. The molecule has 0 spiro atoms. The molecule has 0 atom stereocenters. The van der Waals surface area contributed by atoms with Crippen molar-refractivity contribution in [2.75, 3.05) is 6.54 Å². The molecule has 18 heavy (non-hydrogen) atoms. The fraction of sp³-hybridized carbons (Fsp3) is 0.214. The third-order valence-corrected chi connectivity index (χ3v) is 2.87. The van der Waals surface area contributed by atoms with E-state index in [2.05, 4.69) is 5.32 Å². The predicted octanol–water partition coefficient (Wildman–Crippen LogP) is 1.51. The Kier molecular flexibility index (Phi) is 3.79. The van der Waals surface area contributed by atoms with Crippen LogP contribution in [-0.4, -0.2) is 17.6 Å². The summed E-state index contributed by atoms with van der Waals surface area (Å²) in [5.41, 5.74) is 5.91. The van der Waals surface area contributed by atoms with E-state index in [1.54, 1.807) is 6.07 Å². The van der Waals surface area contributed by atoms with Gasteiger partial charge in [0.2, 0.25) is 5.91 Å². The van der Waals surface area contributed by atoms with E-state index in [0.29, 0.717) is 19.5 Å². The SMILES string of the molecule is NC(=O)CCNCc1c(O)ccc2ccccc12. The number of nitrogens with one attached hydrogen (secondary N) is 1. The Morgan fingerprint density at radius 1 is 1.22 bits per heavy atom. The van der Waals surface area contributed by atoms with Crippen molar-refractivity contribution in [3.05, 3.63) is 42.0 Å². The largest absolute Gasteiger partial charge is 0.508 e. The highest BCUT2D eigenvalue weighted by Gasteiger charge is 2.06. The second-order valence-electron chi connectivity index (χ2n) is 4.18. The molecule has 0 saturated heterocycles. The fourth-order valence-electron chi connectivity index (χ4n) is 1.94. The van der Waals surface area contributed by atoms with Crippen LogP contribution in [-0.2, 0) is 11.3 Å². The summed E-state index contributed by atoms with van der Waals surface area (Å²) in [7, 11) is 0. The van der Waals surface area contributed by atoms with Gasteiger partial charge >= 0.3 is 0 Å². The molecular formula is C14H16N2O2. The van der Waals surface area contributed by atoms with Crippen LogP contribution < -0.4 is 11.1 Å². The van der Waals surface area contributed by atoms with Gasteiger partial charge < -0.3 is 16.2 Å². The zero-order chi connectivity index (χ0) is 13.0. The summed E-state index contributed by atoms with van der Waals surface area (Å²) in [4.78, 5) is 10.6. The van der Waals surface area contributed by atoms with Gasteiger partial charge in [-0.3, -0.25) is 4.79 Å². The van der Waals surface area contributed by atoms with Crippen molar-refractivity contribution in [2.45, 2.75) is 13.0 Å². The average Bonchev–Trinajstić information content (AvgIpc) is 2.36. The third-order valence-electron chi connectivity index (χ3n) is 2.87. The number of carbonyl (C=O) groups is 1. The summed E-state index contributed by atoms with van der Waals surface area (Å²) in [5, 5.41) is 15.1. The van der Waals surface area contributed by atoms with E-state index in [0.717, 1.165) is 16.3 Å². The maximum absolute atomic E-state index is 10.6. The van der Waals surface area contributed by atoms with E-state index in [1.807, 2.05) is 30.3 Å². The van der Waals surface area contributed by atoms with Gasteiger partial charge in [-0.15, -0.1) is 0 Å². The molecule has 4 N–H and O–H groups in total. The van der Waals surface area contributed by atoms with Gasteiger partial charge in [0.1, 0.15) is 5.75 Å². The molecule has 0 aliphatic heterocycles. The van der Waals surface area contributed by atoms with Crippen molar-refractivity contribution in [1.29, 1.82) is 0 Å². The topological polar surface area (TPSA) is 75.4 Å².